The van der Waals surface area contributed by atoms with Gasteiger partial charge in [0.1, 0.15) is 4.21 Å². The highest BCUT2D eigenvalue weighted by atomic mass is 32.2. The standard InChI is InChI=1S/C10H17N5O4S2/c1-13(2)7-3-4-14(6-7)21(18,19)9-5-8(15(16)17)10(12-11)20-9/h5,7,12H,3-4,6,11H2,1-2H3. The number of hydrazine groups is 1. The molecule has 2 heterocycles. The third kappa shape index (κ3) is 3.01. The average molecular weight is 335 g/mol. The van der Waals surface area contributed by atoms with E-state index in [2.05, 4.69) is 5.43 Å². The van der Waals surface area contributed by atoms with E-state index in [-0.39, 0.29) is 20.9 Å². The Morgan fingerprint density at radius 2 is 2.24 bits per heavy atom. The summed E-state index contributed by atoms with van der Waals surface area (Å²) >= 11 is 0.770. The summed E-state index contributed by atoms with van der Waals surface area (Å²) in [5, 5.41) is 10.9. The van der Waals surface area contributed by atoms with E-state index < -0.39 is 14.9 Å². The fourth-order valence-corrected chi connectivity index (χ4v) is 5.09. The van der Waals surface area contributed by atoms with Crippen LogP contribution in [-0.2, 0) is 10.0 Å². The Morgan fingerprint density at radius 1 is 1.57 bits per heavy atom. The molecule has 11 heteroatoms. The lowest BCUT2D eigenvalue weighted by Crippen LogP contribution is -2.34. The lowest BCUT2D eigenvalue weighted by atomic mass is 10.2. The molecule has 118 valence electrons. The van der Waals surface area contributed by atoms with E-state index in [1.54, 1.807) is 0 Å². The molecule has 1 aliphatic heterocycles. The van der Waals surface area contributed by atoms with E-state index in [0.717, 1.165) is 23.8 Å². The van der Waals surface area contributed by atoms with Crippen molar-refractivity contribution >= 4 is 32.0 Å². The van der Waals surface area contributed by atoms with E-state index >= 15 is 0 Å². The summed E-state index contributed by atoms with van der Waals surface area (Å²) in [6.45, 7) is 0.786. The van der Waals surface area contributed by atoms with Gasteiger partial charge in [0.05, 0.1) is 4.92 Å². The predicted octanol–water partition coefficient (Wildman–Crippen LogP) is 0.266. The van der Waals surface area contributed by atoms with E-state index in [1.807, 2.05) is 19.0 Å². The van der Waals surface area contributed by atoms with Gasteiger partial charge in [0.2, 0.25) is 0 Å². The first kappa shape index (κ1) is 16.1. The SMILES string of the molecule is CN(C)C1CCN(S(=O)(=O)c2cc([N+](=O)[O-])c(NN)s2)C1. The van der Waals surface area contributed by atoms with Crippen molar-refractivity contribution < 1.29 is 13.3 Å². The molecule has 0 amide bonds. The lowest BCUT2D eigenvalue weighted by Gasteiger charge is -2.19. The first-order valence-corrected chi connectivity index (χ1v) is 8.44. The van der Waals surface area contributed by atoms with Gasteiger partial charge >= 0.3 is 5.69 Å². The van der Waals surface area contributed by atoms with Crippen LogP contribution in [0.5, 0.6) is 0 Å². The quantitative estimate of drug-likeness (QED) is 0.450. The normalized spacial score (nSPS) is 20.1. The van der Waals surface area contributed by atoms with Crippen molar-refractivity contribution in [2.24, 2.45) is 5.84 Å². The second kappa shape index (κ2) is 5.85. The maximum absolute atomic E-state index is 12.5. The topological polar surface area (TPSA) is 122 Å². The number of nitrogens with one attached hydrogen (secondary N) is 1. The summed E-state index contributed by atoms with van der Waals surface area (Å²) in [5.41, 5.74) is 1.84. The van der Waals surface area contributed by atoms with Gasteiger partial charge in [0, 0.05) is 25.2 Å². The number of hydrogen-bond acceptors (Lipinski definition) is 8. The van der Waals surface area contributed by atoms with Gasteiger partial charge < -0.3 is 10.3 Å². The van der Waals surface area contributed by atoms with Gasteiger partial charge in [-0.3, -0.25) is 10.1 Å². The molecular formula is C10H17N5O4S2. The second-order valence-corrected chi connectivity index (χ2v) is 8.17. The molecule has 9 nitrogen and oxygen atoms in total. The van der Waals surface area contributed by atoms with Gasteiger partial charge in [-0.15, -0.1) is 0 Å². The molecule has 0 bridgehead atoms. The summed E-state index contributed by atoms with van der Waals surface area (Å²) in [5.74, 6) is 5.20. The summed E-state index contributed by atoms with van der Waals surface area (Å²) in [6, 6.07) is 1.21. The molecule has 21 heavy (non-hydrogen) atoms. The van der Waals surface area contributed by atoms with Crippen molar-refractivity contribution in [1.82, 2.24) is 9.21 Å². The molecule has 1 aliphatic rings. The molecule has 0 aliphatic carbocycles. The van der Waals surface area contributed by atoms with Gasteiger partial charge in [0.15, 0.2) is 5.00 Å². The number of hydrogen-bond donors (Lipinski definition) is 2. The zero-order chi connectivity index (χ0) is 15.8. The van der Waals surface area contributed by atoms with Gasteiger partial charge in [-0.25, -0.2) is 14.3 Å². The maximum atomic E-state index is 12.5. The van der Waals surface area contributed by atoms with Crippen LogP contribution < -0.4 is 11.3 Å². The van der Waals surface area contributed by atoms with Crippen molar-refractivity contribution in [3.8, 4) is 0 Å². The number of nitrogen functional groups attached to an aromatic ring is 1. The zero-order valence-corrected chi connectivity index (χ0v) is 13.3. The number of rotatable bonds is 5. The van der Waals surface area contributed by atoms with Gasteiger partial charge in [-0.1, -0.05) is 11.3 Å². The second-order valence-electron chi connectivity index (χ2n) is 4.95. The fraction of sp³-hybridized carbons (Fsp3) is 0.600. The van der Waals surface area contributed by atoms with Crippen molar-refractivity contribution in [3.63, 3.8) is 0 Å². The van der Waals surface area contributed by atoms with Crippen LogP contribution in [0.2, 0.25) is 0 Å². The predicted molar refractivity (Wildman–Crippen MR) is 79.6 cm³/mol. The molecule has 1 aromatic heterocycles. The summed E-state index contributed by atoms with van der Waals surface area (Å²) in [6.07, 6.45) is 0.738. The molecule has 0 aromatic carbocycles. The summed E-state index contributed by atoms with van der Waals surface area (Å²) in [7, 11) is 0.0669. The zero-order valence-electron chi connectivity index (χ0n) is 11.6. The first-order valence-electron chi connectivity index (χ1n) is 6.18. The number of sulfonamides is 1. The molecule has 1 aromatic rings. The number of likely N-dealkylation sites (N-methyl/N-ethyl adjacent to an activating group) is 1. The largest absolute Gasteiger partial charge is 0.310 e. The Hall–Kier alpha value is -1.27. The molecule has 0 spiro atoms. The van der Waals surface area contributed by atoms with Crippen molar-refractivity contribution in [3.05, 3.63) is 16.2 Å². The van der Waals surface area contributed by atoms with E-state index in [0.29, 0.717) is 13.1 Å². The molecular weight excluding hydrogens is 318 g/mol. The first-order chi connectivity index (χ1) is 9.77. The minimum atomic E-state index is -3.73. The molecule has 1 unspecified atom stereocenters. The molecule has 2 rings (SSSR count). The highest BCUT2D eigenvalue weighted by Gasteiger charge is 2.36. The number of thiophene rings is 1. The van der Waals surface area contributed by atoms with Crippen molar-refractivity contribution in [2.45, 2.75) is 16.7 Å². The molecule has 3 N–H and O–H groups in total. The van der Waals surface area contributed by atoms with Crippen molar-refractivity contribution in [1.29, 1.82) is 0 Å². The number of nitrogens with zero attached hydrogens (tertiary/aromatic N) is 3. The Bertz CT molecular complexity index is 642. The van der Waals surface area contributed by atoms with Crippen LogP contribution in [0.1, 0.15) is 6.42 Å². The van der Waals surface area contributed by atoms with E-state index in [4.69, 9.17) is 5.84 Å². The van der Waals surface area contributed by atoms with Crippen LogP contribution in [-0.4, -0.2) is 55.8 Å². The Kier molecular flexibility index (Phi) is 4.49. The molecule has 1 atom stereocenters. The number of nitrogens with two attached hydrogens (primary N) is 1. The molecule has 0 radical (unpaired) electrons. The average Bonchev–Trinajstić information content (AvgIpc) is 3.06. The minimum absolute atomic E-state index is 0.0296. The van der Waals surface area contributed by atoms with Crippen LogP contribution in [0.3, 0.4) is 0 Å². The van der Waals surface area contributed by atoms with Crippen molar-refractivity contribution in [2.75, 3.05) is 32.6 Å². The fourth-order valence-electron chi connectivity index (χ4n) is 2.20. The summed E-state index contributed by atoms with van der Waals surface area (Å²) < 4.78 is 26.4. The van der Waals surface area contributed by atoms with Crippen LogP contribution in [0.15, 0.2) is 10.3 Å². The van der Waals surface area contributed by atoms with Gasteiger partial charge in [-0.05, 0) is 20.5 Å². The van der Waals surface area contributed by atoms with Crippen LogP contribution >= 0.6 is 11.3 Å². The Labute approximate surface area is 126 Å². The Balaban J connectivity index is 2.31. The monoisotopic (exact) mass is 335 g/mol. The Morgan fingerprint density at radius 3 is 2.67 bits per heavy atom. The molecule has 0 saturated carbocycles. The van der Waals surface area contributed by atoms with Gasteiger partial charge in [0.25, 0.3) is 10.0 Å². The van der Waals surface area contributed by atoms with Gasteiger partial charge in [-0.2, -0.15) is 4.31 Å². The summed E-state index contributed by atoms with van der Waals surface area (Å²) in [4.78, 5) is 12.2. The highest BCUT2D eigenvalue weighted by Crippen LogP contribution is 2.38. The third-order valence-corrected chi connectivity index (χ3v) is 6.84. The maximum Gasteiger partial charge on any atom is 0.306 e. The van der Waals surface area contributed by atoms with E-state index in [9.17, 15) is 18.5 Å². The van der Waals surface area contributed by atoms with Crippen LogP contribution in [0.4, 0.5) is 10.7 Å². The third-order valence-electron chi connectivity index (χ3n) is 3.47. The van der Waals surface area contributed by atoms with Crippen LogP contribution in [0, 0.1) is 10.1 Å². The molecule has 1 fully saturated rings. The smallest absolute Gasteiger partial charge is 0.306 e. The highest BCUT2D eigenvalue weighted by molar-refractivity contribution is 7.91. The lowest BCUT2D eigenvalue weighted by molar-refractivity contribution is -0.383. The molecule has 1 saturated heterocycles. The minimum Gasteiger partial charge on any atom is -0.310 e. The number of nitro groups is 1. The van der Waals surface area contributed by atoms with Crippen LogP contribution in [0.25, 0.3) is 0 Å². The number of anilines is 1. The van der Waals surface area contributed by atoms with E-state index in [1.165, 1.54) is 4.31 Å².